The Morgan fingerprint density at radius 1 is 1.31 bits per heavy atom. The number of thiophene rings is 1. The Labute approximate surface area is 102 Å². The molecule has 0 saturated heterocycles. The van der Waals surface area contributed by atoms with Crippen LogP contribution in [0.15, 0.2) is 12.1 Å². The molecule has 0 N–H and O–H groups in total. The Morgan fingerprint density at radius 3 is 2.19 bits per heavy atom. The molecule has 0 aliphatic carbocycles. The van der Waals surface area contributed by atoms with Crippen molar-refractivity contribution in [3.8, 4) is 0 Å². The molecule has 3 heteroatoms. The molecule has 0 spiro atoms. The van der Waals surface area contributed by atoms with Gasteiger partial charge in [0.1, 0.15) is 0 Å². The molecule has 0 bridgehead atoms. The fourth-order valence-corrected chi connectivity index (χ4v) is 3.09. The third-order valence-corrected chi connectivity index (χ3v) is 4.41. The van der Waals surface area contributed by atoms with Crippen LogP contribution >= 0.6 is 11.3 Å². The molecule has 0 aliphatic heterocycles. The van der Waals surface area contributed by atoms with Crippen LogP contribution in [-0.4, -0.2) is 30.3 Å². The van der Waals surface area contributed by atoms with Crippen molar-refractivity contribution in [3.63, 3.8) is 0 Å². The molecule has 0 atom stereocenters. The number of rotatable bonds is 5. The van der Waals surface area contributed by atoms with Gasteiger partial charge < -0.3 is 0 Å². The van der Waals surface area contributed by atoms with Crippen LogP contribution in [0.3, 0.4) is 0 Å². The lowest BCUT2D eigenvalue weighted by atomic mass is 9.86. The highest BCUT2D eigenvalue weighted by Crippen LogP contribution is 2.29. The van der Waals surface area contributed by atoms with Gasteiger partial charge in [0.05, 0.1) is 10.4 Å². The first-order valence-corrected chi connectivity index (χ1v) is 6.58. The van der Waals surface area contributed by atoms with E-state index in [1.165, 1.54) is 4.88 Å². The molecule has 0 radical (unpaired) electrons. The van der Waals surface area contributed by atoms with Crippen LogP contribution in [0.1, 0.15) is 41.2 Å². The molecule has 1 heterocycles. The van der Waals surface area contributed by atoms with Crippen LogP contribution < -0.4 is 0 Å². The van der Waals surface area contributed by atoms with Gasteiger partial charge >= 0.3 is 0 Å². The number of nitrogens with zero attached hydrogens (tertiary/aromatic N) is 1. The highest BCUT2D eigenvalue weighted by molar-refractivity contribution is 7.14. The third-order valence-electron chi connectivity index (χ3n) is 3.41. The fraction of sp³-hybridized carbons (Fsp3) is 0.615. The van der Waals surface area contributed by atoms with Gasteiger partial charge in [0.2, 0.25) is 0 Å². The first-order valence-electron chi connectivity index (χ1n) is 5.76. The van der Waals surface area contributed by atoms with Crippen molar-refractivity contribution in [3.05, 3.63) is 21.9 Å². The van der Waals surface area contributed by atoms with Crippen LogP contribution in [0.4, 0.5) is 0 Å². The standard InChI is InChI=1S/C13H21NOS/c1-6-13(7-2,14(4)5)12(15)11-9-8-10(3)16-11/h8-9H,6-7H2,1-5H3. The zero-order chi connectivity index (χ0) is 12.3. The highest BCUT2D eigenvalue weighted by atomic mass is 32.1. The van der Waals surface area contributed by atoms with Crippen molar-refractivity contribution >= 4 is 17.1 Å². The quantitative estimate of drug-likeness (QED) is 0.734. The normalized spacial score (nSPS) is 12.1. The van der Waals surface area contributed by atoms with E-state index < -0.39 is 0 Å². The van der Waals surface area contributed by atoms with Crippen LogP contribution in [0.2, 0.25) is 0 Å². The summed E-state index contributed by atoms with van der Waals surface area (Å²) in [5.41, 5.74) is -0.336. The second-order valence-electron chi connectivity index (χ2n) is 4.37. The Balaban J connectivity index is 3.09. The summed E-state index contributed by atoms with van der Waals surface area (Å²) in [6, 6.07) is 3.97. The maximum Gasteiger partial charge on any atom is 0.192 e. The van der Waals surface area contributed by atoms with E-state index >= 15 is 0 Å². The second-order valence-corrected chi connectivity index (χ2v) is 5.66. The predicted molar refractivity (Wildman–Crippen MR) is 70.4 cm³/mol. The number of carbonyl (C=O) groups excluding carboxylic acids is 1. The fourth-order valence-electron chi connectivity index (χ4n) is 2.19. The summed E-state index contributed by atoms with van der Waals surface area (Å²) < 4.78 is 0. The van der Waals surface area contributed by atoms with Crippen molar-refractivity contribution in [1.29, 1.82) is 0 Å². The van der Waals surface area contributed by atoms with Gasteiger partial charge in [-0.1, -0.05) is 13.8 Å². The summed E-state index contributed by atoms with van der Waals surface area (Å²) in [6.45, 7) is 6.21. The van der Waals surface area contributed by atoms with Gasteiger partial charge in [-0.3, -0.25) is 9.69 Å². The van der Waals surface area contributed by atoms with E-state index in [2.05, 4.69) is 18.7 Å². The van der Waals surface area contributed by atoms with E-state index in [0.717, 1.165) is 17.7 Å². The van der Waals surface area contributed by atoms with Gasteiger partial charge in [0.15, 0.2) is 5.78 Å². The average Bonchev–Trinajstić information content (AvgIpc) is 2.66. The lowest BCUT2D eigenvalue weighted by Crippen LogP contribution is -2.50. The van der Waals surface area contributed by atoms with Crippen molar-refractivity contribution in [2.45, 2.75) is 39.2 Å². The number of hydrogen-bond acceptors (Lipinski definition) is 3. The predicted octanol–water partition coefficient (Wildman–Crippen LogP) is 3.36. The molecule has 0 unspecified atom stereocenters. The van der Waals surface area contributed by atoms with E-state index in [-0.39, 0.29) is 11.3 Å². The van der Waals surface area contributed by atoms with Gasteiger partial charge in [-0.15, -0.1) is 11.3 Å². The van der Waals surface area contributed by atoms with Gasteiger partial charge in [0.25, 0.3) is 0 Å². The molecule has 0 aromatic carbocycles. The SMILES string of the molecule is CCC(CC)(C(=O)c1ccc(C)s1)N(C)C. The largest absolute Gasteiger partial charge is 0.297 e. The van der Waals surface area contributed by atoms with E-state index in [0.29, 0.717) is 0 Å². The summed E-state index contributed by atoms with van der Waals surface area (Å²) in [4.78, 5) is 16.7. The summed E-state index contributed by atoms with van der Waals surface area (Å²) in [5, 5.41) is 0. The lowest BCUT2D eigenvalue weighted by molar-refractivity contribution is 0.0661. The molecule has 2 nitrogen and oxygen atoms in total. The smallest absolute Gasteiger partial charge is 0.192 e. The summed E-state index contributed by atoms with van der Waals surface area (Å²) >= 11 is 1.59. The van der Waals surface area contributed by atoms with Crippen LogP contribution in [0.25, 0.3) is 0 Å². The maximum atomic E-state index is 12.6. The number of aryl methyl sites for hydroxylation is 1. The first kappa shape index (κ1) is 13.4. The molecule has 1 aromatic heterocycles. The van der Waals surface area contributed by atoms with Gasteiger partial charge in [0, 0.05) is 4.88 Å². The maximum absolute atomic E-state index is 12.6. The van der Waals surface area contributed by atoms with Gasteiger partial charge in [-0.25, -0.2) is 0 Å². The van der Waals surface area contributed by atoms with E-state index in [1.54, 1.807) is 11.3 Å². The van der Waals surface area contributed by atoms with Crippen LogP contribution in [0, 0.1) is 6.92 Å². The molecule has 0 amide bonds. The average molecular weight is 239 g/mol. The Bertz CT molecular complexity index is 364. The van der Waals surface area contributed by atoms with Crippen molar-refractivity contribution in [2.75, 3.05) is 14.1 Å². The number of Topliss-reactive ketones (excluding diaryl/α,β-unsaturated/α-hetero) is 1. The number of carbonyl (C=O) groups is 1. The third kappa shape index (κ3) is 2.20. The summed E-state index contributed by atoms with van der Waals surface area (Å²) in [7, 11) is 3.98. The molecule has 0 saturated carbocycles. The zero-order valence-electron chi connectivity index (χ0n) is 10.8. The molecule has 16 heavy (non-hydrogen) atoms. The summed E-state index contributed by atoms with van der Waals surface area (Å²) in [6.07, 6.45) is 1.71. The molecular weight excluding hydrogens is 218 g/mol. The number of hydrogen-bond donors (Lipinski definition) is 0. The van der Waals surface area contributed by atoms with Crippen LogP contribution in [0.5, 0.6) is 0 Å². The van der Waals surface area contributed by atoms with E-state index in [1.807, 2.05) is 33.2 Å². The van der Waals surface area contributed by atoms with Crippen molar-refractivity contribution in [2.24, 2.45) is 0 Å². The Kier molecular flexibility index (Phi) is 4.28. The Hall–Kier alpha value is -0.670. The lowest BCUT2D eigenvalue weighted by Gasteiger charge is -2.36. The second kappa shape index (κ2) is 5.11. The minimum atomic E-state index is -0.336. The molecule has 0 fully saturated rings. The summed E-state index contributed by atoms with van der Waals surface area (Å²) in [5.74, 6) is 0.264. The Morgan fingerprint density at radius 2 is 1.88 bits per heavy atom. The number of likely N-dealkylation sites (N-methyl/N-ethyl adjacent to an activating group) is 1. The number of ketones is 1. The topological polar surface area (TPSA) is 20.3 Å². The monoisotopic (exact) mass is 239 g/mol. The first-order chi connectivity index (χ1) is 7.47. The molecule has 1 aromatic rings. The van der Waals surface area contributed by atoms with Crippen LogP contribution in [-0.2, 0) is 0 Å². The van der Waals surface area contributed by atoms with E-state index in [4.69, 9.17) is 0 Å². The molecule has 0 aliphatic rings. The zero-order valence-corrected chi connectivity index (χ0v) is 11.6. The molecule has 90 valence electrons. The van der Waals surface area contributed by atoms with Gasteiger partial charge in [-0.2, -0.15) is 0 Å². The minimum Gasteiger partial charge on any atom is -0.297 e. The van der Waals surface area contributed by atoms with Crippen molar-refractivity contribution in [1.82, 2.24) is 4.90 Å². The van der Waals surface area contributed by atoms with Crippen molar-refractivity contribution < 1.29 is 4.79 Å². The van der Waals surface area contributed by atoms with Gasteiger partial charge in [-0.05, 0) is 46.0 Å². The molecular formula is C13H21NOS. The van der Waals surface area contributed by atoms with E-state index in [9.17, 15) is 4.79 Å². The molecule has 1 rings (SSSR count). The minimum absolute atomic E-state index is 0.264. The highest BCUT2D eigenvalue weighted by Gasteiger charge is 2.38.